The minimum absolute atomic E-state index is 0.522. The van der Waals surface area contributed by atoms with Crippen LogP contribution in [-0.4, -0.2) is 20.2 Å². The molecule has 1 aromatic carbocycles. The van der Waals surface area contributed by atoms with Gasteiger partial charge >= 0.3 is 0 Å². The average Bonchev–Trinajstić information content (AvgIpc) is 2.79. The minimum Gasteiger partial charge on any atom is -0.319 e. The van der Waals surface area contributed by atoms with Crippen LogP contribution in [0, 0.1) is 6.92 Å². The predicted octanol–water partition coefficient (Wildman–Crippen LogP) is 1.55. The lowest BCUT2D eigenvalue weighted by Crippen LogP contribution is -2.35. The van der Waals surface area contributed by atoms with Crippen LogP contribution in [0.4, 0.5) is 0 Å². The third-order valence-electron chi connectivity index (χ3n) is 3.06. The van der Waals surface area contributed by atoms with E-state index in [1.54, 1.807) is 4.68 Å². The standard InChI is InChI=1S/C12H17N5/c1-4-12(3,13)11-14-15-16-17(11)10-8-6-5-7-9(10)2/h5-8H,4,13H2,1-3H3/t12-/m0/s1. The topological polar surface area (TPSA) is 69.6 Å². The van der Waals surface area contributed by atoms with E-state index >= 15 is 0 Å². The highest BCUT2D eigenvalue weighted by molar-refractivity contribution is 5.40. The van der Waals surface area contributed by atoms with Crippen LogP contribution in [0.5, 0.6) is 0 Å². The number of benzene rings is 1. The number of para-hydroxylation sites is 1. The van der Waals surface area contributed by atoms with Crippen LogP contribution in [-0.2, 0) is 5.54 Å². The van der Waals surface area contributed by atoms with Gasteiger partial charge in [0.25, 0.3) is 0 Å². The fourth-order valence-corrected chi connectivity index (χ4v) is 1.66. The summed E-state index contributed by atoms with van der Waals surface area (Å²) in [5.41, 5.74) is 7.77. The third kappa shape index (κ3) is 2.06. The van der Waals surface area contributed by atoms with Crippen molar-refractivity contribution >= 4 is 0 Å². The first-order valence-corrected chi connectivity index (χ1v) is 5.70. The lowest BCUT2D eigenvalue weighted by molar-refractivity contribution is 0.433. The third-order valence-corrected chi connectivity index (χ3v) is 3.06. The van der Waals surface area contributed by atoms with E-state index in [0.29, 0.717) is 5.82 Å². The number of aromatic nitrogens is 4. The normalized spacial score (nSPS) is 14.6. The lowest BCUT2D eigenvalue weighted by Gasteiger charge is -2.21. The van der Waals surface area contributed by atoms with E-state index in [1.165, 1.54) is 0 Å². The first-order valence-electron chi connectivity index (χ1n) is 5.70. The monoisotopic (exact) mass is 231 g/mol. The van der Waals surface area contributed by atoms with E-state index in [0.717, 1.165) is 17.7 Å². The second-order valence-electron chi connectivity index (χ2n) is 4.47. The summed E-state index contributed by atoms with van der Waals surface area (Å²) in [5.74, 6) is 0.689. The Morgan fingerprint density at radius 3 is 2.71 bits per heavy atom. The molecule has 1 aromatic heterocycles. The molecule has 0 radical (unpaired) electrons. The maximum Gasteiger partial charge on any atom is 0.176 e. The Balaban J connectivity index is 2.56. The maximum atomic E-state index is 6.21. The summed E-state index contributed by atoms with van der Waals surface area (Å²) >= 11 is 0. The van der Waals surface area contributed by atoms with E-state index in [2.05, 4.69) is 15.5 Å². The molecule has 0 aliphatic carbocycles. The first-order chi connectivity index (χ1) is 8.06. The molecule has 5 nitrogen and oxygen atoms in total. The predicted molar refractivity (Wildman–Crippen MR) is 65.7 cm³/mol. The second kappa shape index (κ2) is 4.25. The highest BCUT2D eigenvalue weighted by Gasteiger charge is 2.27. The number of nitrogens with zero attached hydrogens (tertiary/aromatic N) is 4. The zero-order valence-electron chi connectivity index (χ0n) is 10.4. The molecule has 17 heavy (non-hydrogen) atoms. The van der Waals surface area contributed by atoms with E-state index in [-0.39, 0.29) is 0 Å². The largest absolute Gasteiger partial charge is 0.319 e. The quantitative estimate of drug-likeness (QED) is 0.870. The molecular weight excluding hydrogens is 214 g/mol. The summed E-state index contributed by atoms with van der Waals surface area (Å²) in [7, 11) is 0. The molecule has 1 atom stereocenters. The molecule has 5 heteroatoms. The number of hydrogen-bond acceptors (Lipinski definition) is 4. The smallest absolute Gasteiger partial charge is 0.176 e. The van der Waals surface area contributed by atoms with Crippen molar-refractivity contribution in [2.45, 2.75) is 32.7 Å². The second-order valence-corrected chi connectivity index (χ2v) is 4.47. The summed E-state index contributed by atoms with van der Waals surface area (Å²) < 4.78 is 1.72. The molecule has 2 N–H and O–H groups in total. The van der Waals surface area contributed by atoms with Crippen molar-refractivity contribution < 1.29 is 0 Å². The van der Waals surface area contributed by atoms with Crippen LogP contribution < -0.4 is 5.73 Å². The van der Waals surface area contributed by atoms with Gasteiger partial charge in [0.15, 0.2) is 5.82 Å². The molecule has 0 amide bonds. The van der Waals surface area contributed by atoms with Gasteiger partial charge in [0.2, 0.25) is 0 Å². The van der Waals surface area contributed by atoms with Gasteiger partial charge in [-0.1, -0.05) is 25.1 Å². The van der Waals surface area contributed by atoms with Gasteiger partial charge < -0.3 is 5.73 Å². The molecular formula is C12H17N5. The zero-order chi connectivity index (χ0) is 12.5. The number of tetrazole rings is 1. The van der Waals surface area contributed by atoms with Crippen molar-refractivity contribution in [1.29, 1.82) is 0 Å². The average molecular weight is 231 g/mol. The van der Waals surface area contributed by atoms with E-state index in [1.807, 2.05) is 45.0 Å². The molecule has 0 saturated carbocycles. The van der Waals surface area contributed by atoms with Gasteiger partial charge in [0.1, 0.15) is 0 Å². The summed E-state index contributed by atoms with van der Waals surface area (Å²) in [6.45, 7) is 5.99. The van der Waals surface area contributed by atoms with E-state index in [9.17, 15) is 0 Å². The number of nitrogens with two attached hydrogens (primary N) is 1. The Hall–Kier alpha value is -1.75. The van der Waals surface area contributed by atoms with Gasteiger partial charge in [-0.3, -0.25) is 0 Å². The zero-order valence-corrected chi connectivity index (χ0v) is 10.4. The lowest BCUT2D eigenvalue weighted by atomic mass is 9.99. The Morgan fingerprint density at radius 1 is 1.35 bits per heavy atom. The van der Waals surface area contributed by atoms with Gasteiger partial charge in [0.05, 0.1) is 11.2 Å². The maximum absolute atomic E-state index is 6.21. The number of rotatable bonds is 3. The molecule has 0 aliphatic rings. The Morgan fingerprint density at radius 2 is 2.06 bits per heavy atom. The van der Waals surface area contributed by atoms with Crippen LogP contribution in [0.25, 0.3) is 5.69 Å². The number of hydrogen-bond donors (Lipinski definition) is 1. The molecule has 90 valence electrons. The molecule has 0 fully saturated rings. The fraction of sp³-hybridized carbons (Fsp3) is 0.417. The van der Waals surface area contributed by atoms with Gasteiger partial charge in [-0.05, 0) is 42.3 Å². The van der Waals surface area contributed by atoms with Crippen LogP contribution in [0.3, 0.4) is 0 Å². The summed E-state index contributed by atoms with van der Waals surface area (Å²) in [5, 5.41) is 11.8. The SMILES string of the molecule is CC[C@](C)(N)c1nnnn1-c1ccccc1C. The van der Waals surface area contributed by atoms with Crippen molar-refractivity contribution in [2.75, 3.05) is 0 Å². The molecule has 0 aliphatic heterocycles. The van der Waals surface area contributed by atoms with Crippen LogP contribution in [0.15, 0.2) is 24.3 Å². The van der Waals surface area contributed by atoms with Crippen LogP contribution >= 0.6 is 0 Å². The van der Waals surface area contributed by atoms with Crippen molar-refractivity contribution in [2.24, 2.45) is 5.73 Å². The molecule has 2 rings (SSSR count). The molecule has 0 spiro atoms. The van der Waals surface area contributed by atoms with Gasteiger partial charge in [-0.25, -0.2) is 0 Å². The van der Waals surface area contributed by atoms with Crippen molar-refractivity contribution in [3.8, 4) is 5.69 Å². The minimum atomic E-state index is -0.522. The molecule has 0 saturated heterocycles. The molecule has 0 unspecified atom stereocenters. The van der Waals surface area contributed by atoms with Gasteiger partial charge in [-0.15, -0.1) is 5.10 Å². The van der Waals surface area contributed by atoms with Crippen molar-refractivity contribution in [3.63, 3.8) is 0 Å². The molecule has 2 aromatic rings. The van der Waals surface area contributed by atoms with Crippen LogP contribution in [0.2, 0.25) is 0 Å². The molecule has 1 heterocycles. The van der Waals surface area contributed by atoms with E-state index < -0.39 is 5.54 Å². The van der Waals surface area contributed by atoms with Gasteiger partial charge in [0, 0.05) is 0 Å². The Kier molecular flexibility index (Phi) is 2.93. The highest BCUT2D eigenvalue weighted by atomic mass is 15.5. The summed E-state index contributed by atoms with van der Waals surface area (Å²) in [6, 6.07) is 7.97. The summed E-state index contributed by atoms with van der Waals surface area (Å²) in [4.78, 5) is 0. The van der Waals surface area contributed by atoms with Crippen molar-refractivity contribution in [3.05, 3.63) is 35.7 Å². The first kappa shape index (κ1) is 11.7. The van der Waals surface area contributed by atoms with Crippen molar-refractivity contribution in [1.82, 2.24) is 20.2 Å². The highest BCUT2D eigenvalue weighted by Crippen LogP contribution is 2.22. The van der Waals surface area contributed by atoms with E-state index in [4.69, 9.17) is 5.73 Å². The fourth-order valence-electron chi connectivity index (χ4n) is 1.66. The van der Waals surface area contributed by atoms with Gasteiger partial charge in [-0.2, -0.15) is 4.68 Å². The Bertz CT molecular complexity index is 515. The summed E-state index contributed by atoms with van der Waals surface area (Å²) in [6.07, 6.45) is 0.777. The Labute approximate surface area is 101 Å². The number of aryl methyl sites for hydroxylation is 1. The molecule has 0 bridgehead atoms. The van der Waals surface area contributed by atoms with Crippen LogP contribution in [0.1, 0.15) is 31.7 Å².